The lowest BCUT2D eigenvalue weighted by Crippen LogP contribution is -2.36. The van der Waals surface area contributed by atoms with E-state index >= 15 is 0 Å². The number of aryl methyl sites for hydroxylation is 1. The highest BCUT2D eigenvalue weighted by molar-refractivity contribution is 7.85. The molecule has 1 aliphatic rings. The Morgan fingerprint density at radius 2 is 1.87 bits per heavy atom. The predicted molar refractivity (Wildman–Crippen MR) is 122 cm³/mol. The van der Waals surface area contributed by atoms with E-state index in [-0.39, 0.29) is 24.4 Å². The summed E-state index contributed by atoms with van der Waals surface area (Å²) in [5.74, 6) is 2.94. The second-order valence-corrected chi connectivity index (χ2v) is 11.2. The lowest BCUT2D eigenvalue weighted by atomic mass is 9.86. The van der Waals surface area contributed by atoms with Gasteiger partial charge in [-0.3, -0.25) is 4.55 Å². The maximum atomic E-state index is 10.8. The molecule has 0 saturated heterocycles. The topological polar surface area (TPSA) is 72.8 Å². The maximum absolute atomic E-state index is 10.8. The zero-order chi connectivity index (χ0) is 22.2. The lowest BCUT2D eigenvalue weighted by Gasteiger charge is -2.36. The zero-order valence-electron chi connectivity index (χ0n) is 19.2. The number of hydrogen-bond acceptors (Lipinski definition) is 4. The molecule has 0 saturated carbocycles. The summed E-state index contributed by atoms with van der Waals surface area (Å²) in [4.78, 5) is 0. The normalized spacial score (nSPS) is 19.9. The maximum Gasteiger partial charge on any atom is 0.264 e. The van der Waals surface area contributed by atoms with Gasteiger partial charge in [0.15, 0.2) is 0 Å². The van der Waals surface area contributed by atoms with Gasteiger partial charge in [-0.05, 0) is 74.6 Å². The van der Waals surface area contributed by atoms with Crippen LogP contribution in [0.2, 0.25) is 0 Å². The highest BCUT2D eigenvalue weighted by Gasteiger charge is 2.31. The van der Waals surface area contributed by atoms with E-state index in [1.54, 1.807) is 0 Å². The van der Waals surface area contributed by atoms with Gasteiger partial charge in [0.05, 0.1) is 12.4 Å². The standard InChI is InChI=1S/C24H40O5S/c1-19(2)8-5-9-20(3)10-6-14-24(4)15-13-21-18-22(11-12-23(21)29-24)28-16-7-17-30(25,26)27/h11-12,18-20H,5-10,13-17H2,1-4H3,(H,25,26,27). The van der Waals surface area contributed by atoms with Crippen LogP contribution in [0.1, 0.15) is 84.6 Å². The first-order valence-electron chi connectivity index (χ1n) is 11.5. The fourth-order valence-electron chi connectivity index (χ4n) is 4.11. The molecule has 0 bridgehead atoms. The number of fused-ring (bicyclic) bond motifs is 1. The van der Waals surface area contributed by atoms with Crippen LogP contribution in [0.5, 0.6) is 11.5 Å². The van der Waals surface area contributed by atoms with Crippen molar-refractivity contribution in [1.29, 1.82) is 0 Å². The molecule has 0 amide bonds. The van der Waals surface area contributed by atoms with E-state index in [0.717, 1.165) is 42.4 Å². The molecule has 2 rings (SSSR count). The van der Waals surface area contributed by atoms with Gasteiger partial charge in [-0.1, -0.05) is 46.5 Å². The van der Waals surface area contributed by atoms with Crippen LogP contribution < -0.4 is 9.47 Å². The van der Waals surface area contributed by atoms with Crippen molar-refractivity contribution in [2.75, 3.05) is 12.4 Å². The fourth-order valence-corrected chi connectivity index (χ4v) is 4.59. The van der Waals surface area contributed by atoms with Gasteiger partial charge in [0.2, 0.25) is 0 Å². The second-order valence-electron chi connectivity index (χ2n) is 9.63. The molecule has 1 aromatic rings. The zero-order valence-corrected chi connectivity index (χ0v) is 20.0. The summed E-state index contributed by atoms with van der Waals surface area (Å²) in [5.41, 5.74) is 1.03. The summed E-state index contributed by atoms with van der Waals surface area (Å²) >= 11 is 0. The largest absolute Gasteiger partial charge is 0.494 e. The molecule has 0 aliphatic carbocycles. The molecule has 0 fully saturated rings. The first kappa shape index (κ1) is 25.0. The smallest absolute Gasteiger partial charge is 0.264 e. The second kappa shape index (κ2) is 11.4. The Hall–Kier alpha value is -1.27. The molecular weight excluding hydrogens is 400 g/mol. The van der Waals surface area contributed by atoms with Crippen LogP contribution in [0.25, 0.3) is 0 Å². The van der Waals surface area contributed by atoms with Gasteiger partial charge in [0, 0.05) is 0 Å². The van der Waals surface area contributed by atoms with Crippen LogP contribution in [-0.2, 0) is 16.5 Å². The van der Waals surface area contributed by atoms with E-state index in [0.29, 0.717) is 5.75 Å². The summed E-state index contributed by atoms with van der Waals surface area (Å²) in [7, 11) is -3.93. The molecule has 0 aromatic heterocycles. The third-order valence-corrected chi connectivity index (χ3v) is 6.81. The average molecular weight is 441 g/mol. The van der Waals surface area contributed by atoms with Crippen molar-refractivity contribution in [2.45, 2.75) is 91.1 Å². The van der Waals surface area contributed by atoms with Gasteiger partial charge in [-0.2, -0.15) is 8.42 Å². The number of ether oxygens (including phenoxy) is 2. The Morgan fingerprint density at radius 1 is 1.13 bits per heavy atom. The predicted octanol–water partition coefficient (Wildman–Crippen LogP) is 6.06. The number of hydrogen-bond donors (Lipinski definition) is 1. The molecule has 172 valence electrons. The Balaban J connectivity index is 1.76. The van der Waals surface area contributed by atoms with Crippen molar-refractivity contribution >= 4 is 10.1 Å². The van der Waals surface area contributed by atoms with Crippen LogP contribution in [0.3, 0.4) is 0 Å². The molecule has 0 spiro atoms. The molecule has 1 aromatic carbocycles. The van der Waals surface area contributed by atoms with Gasteiger partial charge < -0.3 is 9.47 Å². The van der Waals surface area contributed by atoms with Gasteiger partial charge in [-0.15, -0.1) is 0 Å². The lowest BCUT2D eigenvalue weighted by molar-refractivity contribution is 0.0523. The minimum atomic E-state index is -3.93. The van der Waals surface area contributed by atoms with Crippen LogP contribution >= 0.6 is 0 Å². The molecule has 2 atom stereocenters. The molecule has 0 radical (unpaired) electrons. The van der Waals surface area contributed by atoms with Crippen molar-refractivity contribution in [1.82, 2.24) is 0 Å². The highest BCUT2D eigenvalue weighted by atomic mass is 32.2. The van der Waals surface area contributed by atoms with E-state index < -0.39 is 10.1 Å². The molecule has 2 unspecified atom stereocenters. The SMILES string of the molecule is CC(C)CCCC(C)CCCC1(C)CCc2cc(OCCCS(=O)(=O)O)ccc2O1. The van der Waals surface area contributed by atoms with Crippen LogP contribution in [0.15, 0.2) is 18.2 Å². The summed E-state index contributed by atoms with van der Waals surface area (Å²) in [6.07, 6.45) is 9.74. The van der Waals surface area contributed by atoms with Crippen molar-refractivity contribution in [3.05, 3.63) is 23.8 Å². The summed E-state index contributed by atoms with van der Waals surface area (Å²) in [5, 5.41) is 0. The first-order chi connectivity index (χ1) is 14.1. The van der Waals surface area contributed by atoms with E-state index in [1.165, 1.54) is 32.1 Å². The van der Waals surface area contributed by atoms with Crippen molar-refractivity contribution < 1.29 is 22.4 Å². The summed E-state index contributed by atoms with van der Waals surface area (Å²) in [6.45, 7) is 9.44. The van der Waals surface area contributed by atoms with Crippen molar-refractivity contribution in [2.24, 2.45) is 11.8 Å². The van der Waals surface area contributed by atoms with Crippen LogP contribution in [0, 0.1) is 11.8 Å². The van der Waals surface area contributed by atoms with Crippen LogP contribution in [-0.4, -0.2) is 30.9 Å². The third kappa shape index (κ3) is 9.25. The quantitative estimate of drug-likeness (QED) is 0.298. The minimum absolute atomic E-state index is 0.109. The Kier molecular flexibility index (Phi) is 9.48. The first-order valence-corrected chi connectivity index (χ1v) is 13.1. The molecular formula is C24H40O5S. The van der Waals surface area contributed by atoms with Gasteiger partial charge >= 0.3 is 0 Å². The van der Waals surface area contributed by atoms with E-state index in [1.807, 2.05) is 18.2 Å². The van der Waals surface area contributed by atoms with Gasteiger partial charge in [0.25, 0.3) is 10.1 Å². The average Bonchev–Trinajstić information content (AvgIpc) is 2.64. The molecule has 6 heteroatoms. The molecule has 1 aliphatic heterocycles. The third-order valence-electron chi connectivity index (χ3n) is 6.01. The highest BCUT2D eigenvalue weighted by Crippen LogP contribution is 2.38. The van der Waals surface area contributed by atoms with Gasteiger partial charge in [0.1, 0.15) is 17.1 Å². The van der Waals surface area contributed by atoms with Gasteiger partial charge in [-0.25, -0.2) is 0 Å². The van der Waals surface area contributed by atoms with E-state index in [9.17, 15) is 8.42 Å². The number of rotatable bonds is 13. The van der Waals surface area contributed by atoms with Crippen LogP contribution in [0.4, 0.5) is 0 Å². The van der Waals surface area contributed by atoms with E-state index in [2.05, 4.69) is 27.7 Å². The molecule has 1 heterocycles. The molecule has 5 nitrogen and oxygen atoms in total. The van der Waals surface area contributed by atoms with Crippen molar-refractivity contribution in [3.8, 4) is 11.5 Å². The van der Waals surface area contributed by atoms with E-state index in [4.69, 9.17) is 14.0 Å². The Labute approximate surface area is 183 Å². The van der Waals surface area contributed by atoms with Crippen molar-refractivity contribution in [3.63, 3.8) is 0 Å². The Bertz CT molecular complexity index is 759. The fraction of sp³-hybridized carbons (Fsp3) is 0.750. The Morgan fingerprint density at radius 3 is 2.57 bits per heavy atom. The molecule has 1 N–H and O–H groups in total. The summed E-state index contributed by atoms with van der Waals surface area (Å²) in [6, 6.07) is 5.81. The number of benzene rings is 1. The molecule has 30 heavy (non-hydrogen) atoms. The summed E-state index contributed by atoms with van der Waals surface area (Å²) < 4.78 is 42.3. The minimum Gasteiger partial charge on any atom is -0.494 e. The monoisotopic (exact) mass is 440 g/mol.